The number of carbonyl (C=O) groups is 1. The first-order chi connectivity index (χ1) is 12.7. The van der Waals surface area contributed by atoms with E-state index in [2.05, 4.69) is 15.2 Å². The van der Waals surface area contributed by atoms with Gasteiger partial charge in [0, 0.05) is 29.8 Å². The van der Waals surface area contributed by atoms with Crippen molar-refractivity contribution in [3.63, 3.8) is 0 Å². The molecule has 1 N–H and O–H groups in total. The number of hydrogen-bond donors (Lipinski definition) is 1. The number of fused-ring (bicyclic) bond motifs is 1. The largest absolute Gasteiger partial charge is 0.465 e. The Balaban J connectivity index is 1.96. The van der Waals surface area contributed by atoms with Gasteiger partial charge in [-0.25, -0.2) is 0 Å². The Morgan fingerprint density at radius 3 is 2.92 bits per heavy atom. The third-order valence-electron chi connectivity index (χ3n) is 3.97. The fourth-order valence-electron chi connectivity index (χ4n) is 2.68. The molecule has 0 bridgehead atoms. The van der Waals surface area contributed by atoms with E-state index in [1.807, 2.05) is 42.0 Å². The van der Waals surface area contributed by atoms with Gasteiger partial charge in [0.15, 0.2) is 11.0 Å². The number of benzene rings is 1. The van der Waals surface area contributed by atoms with Gasteiger partial charge in [-0.2, -0.15) is 0 Å². The molecule has 26 heavy (non-hydrogen) atoms. The molecule has 2 heterocycles. The highest BCUT2D eigenvalue weighted by Gasteiger charge is 2.22. The van der Waals surface area contributed by atoms with Crippen LogP contribution in [0, 0.1) is 0 Å². The SMILES string of the molecule is CCOC(=O)[C@H](C)Sc1nnc(-c2c[nH]c3ccccc23)n1CCOC. The number of H-pyrrole nitrogens is 1. The van der Waals surface area contributed by atoms with Crippen LogP contribution in [-0.4, -0.2) is 51.3 Å². The molecule has 0 amide bonds. The van der Waals surface area contributed by atoms with Crippen molar-refractivity contribution in [1.29, 1.82) is 0 Å². The highest BCUT2D eigenvalue weighted by atomic mass is 32.2. The second kappa shape index (κ2) is 8.37. The van der Waals surface area contributed by atoms with Crippen molar-refractivity contribution < 1.29 is 14.3 Å². The highest BCUT2D eigenvalue weighted by Crippen LogP contribution is 2.31. The summed E-state index contributed by atoms with van der Waals surface area (Å²) in [5.41, 5.74) is 2.01. The lowest BCUT2D eigenvalue weighted by molar-refractivity contribution is -0.142. The number of nitrogens with zero attached hydrogens (tertiary/aromatic N) is 3. The van der Waals surface area contributed by atoms with E-state index in [0.29, 0.717) is 24.9 Å². The van der Waals surface area contributed by atoms with Crippen LogP contribution in [0.15, 0.2) is 35.6 Å². The summed E-state index contributed by atoms with van der Waals surface area (Å²) in [5.74, 6) is 0.491. The monoisotopic (exact) mass is 374 g/mol. The molecule has 138 valence electrons. The van der Waals surface area contributed by atoms with E-state index in [0.717, 1.165) is 22.3 Å². The molecule has 1 atom stereocenters. The number of aromatic amines is 1. The van der Waals surface area contributed by atoms with E-state index in [1.54, 1.807) is 14.0 Å². The summed E-state index contributed by atoms with van der Waals surface area (Å²) in [7, 11) is 1.66. The quantitative estimate of drug-likeness (QED) is 0.482. The standard InChI is InChI=1S/C18H22N4O3S/c1-4-25-17(23)12(2)26-18-21-20-16(22(18)9-10-24-3)14-11-19-15-8-6-5-7-13(14)15/h5-8,11-12,19H,4,9-10H2,1-3H3/t12-/m0/s1. The van der Waals surface area contributed by atoms with Crippen LogP contribution < -0.4 is 0 Å². The third-order valence-corrected chi connectivity index (χ3v) is 5.03. The lowest BCUT2D eigenvalue weighted by Crippen LogP contribution is -2.18. The van der Waals surface area contributed by atoms with E-state index >= 15 is 0 Å². The van der Waals surface area contributed by atoms with E-state index < -0.39 is 0 Å². The second-order valence-electron chi connectivity index (χ2n) is 5.71. The molecule has 0 fully saturated rings. The van der Waals surface area contributed by atoms with Crippen LogP contribution in [0.4, 0.5) is 0 Å². The molecule has 0 radical (unpaired) electrons. The lowest BCUT2D eigenvalue weighted by atomic mass is 10.1. The second-order valence-corrected chi connectivity index (χ2v) is 7.02. The predicted octanol–water partition coefficient (Wildman–Crippen LogP) is 3.12. The molecule has 0 aliphatic rings. The number of para-hydroxylation sites is 1. The van der Waals surface area contributed by atoms with E-state index in [1.165, 1.54) is 11.8 Å². The fourth-order valence-corrected chi connectivity index (χ4v) is 3.56. The molecule has 2 aromatic heterocycles. The smallest absolute Gasteiger partial charge is 0.319 e. The van der Waals surface area contributed by atoms with Gasteiger partial charge in [-0.1, -0.05) is 30.0 Å². The number of hydrogen-bond acceptors (Lipinski definition) is 6. The van der Waals surface area contributed by atoms with Gasteiger partial charge < -0.3 is 14.5 Å². The molecule has 0 aliphatic heterocycles. The van der Waals surface area contributed by atoms with Crippen LogP contribution in [0.3, 0.4) is 0 Å². The Morgan fingerprint density at radius 2 is 2.15 bits per heavy atom. The van der Waals surface area contributed by atoms with Crippen molar-refractivity contribution in [2.24, 2.45) is 0 Å². The van der Waals surface area contributed by atoms with Gasteiger partial charge >= 0.3 is 5.97 Å². The zero-order chi connectivity index (χ0) is 18.5. The number of esters is 1. The lowest BCUT2D eigenvalue weighted by Gasteiger charge is -2.12. The van der Waals surface area contributed by atoms with Crippen molar-refractivity contribution in [3.05, 3.63) is 30.5 Å². The summed E-state index contributed by atoms with van der Waals surface area (Å²) in [6.45, 7) is 5.08. The molecule has 8 heteroatoms. The topological polar surface area (TPSA) is 82.0 Å². The first kappa shape index (κ1) is 18.5. The predicted molar refractivity (Wildman–Crippen MR) is 101 cm³/mol. The first-order valence-electron chi connectivity index (χ1n) is 8.47. The summed E-state index contributed by atoms with van der Waals surface area (Å²) >= 11 is 1.34. The summed E-state index contributed by atoms with van der Waals surface area (Å²) in [4.78, 5) is 15.2. The molecule has 0 unspecified atom stereocenters. The Bertz CT molecular complexity index is 890. The van der Waals surface area contributed by atoms with Gasteiger partial charge in [-0.15, -0.1) is 10.2 Å². The number of aromatic nitrogens is 4. The molecule has 1 aromatic carbocycles. The zero-order valence-corrected chi connectivity index (χ0v) is 15.9. The van der Waals surface area contributed by atoms with Gasteiger partial charge in [0.2, 0.25) is 0 Å². The Morgan fingerprint density at radius 1 is 1.35 bits per heavy atom. The zero-order valence-electron chi connectivity index (χ0n) is 15.1. The van der Waals surface area contributed by atoms with Gasteiger partial charge in [-0.05, 0) is 19.9 Å². The van der Waals surface area contributed by atoms with Gasteiger partial charge in [-0.3, -0.25) is 9.36 Å². The van der Waals surface area contributed by atoms with Gasteiger partial charge in [0.1, 0.15) is 5.25 Å². The summed E-state index contributed by atoms with van der Waals surface area (Å²) in [5, 5.41) is 10.1. The molecule has 0 aliphatic carbocycles. The van der Waals surface area contributed by atoms with Crippen molar-refractivity contribution in [2.45, 2.75) is 30.8 Å². The van der Waals surface area contributed by atoms with Crippen LogP contribution in [-0.2, 0) is 20.8 Å². The van der Waals surface area contributed by atoms with E-state index in [-0.39, 0.29) is 11.2 Å². The van der Waals surface area contributed by atoms with Crippen LogP contribution >= 0.6 is 11.8 Å². The number of rotatable bonds is 8. The van der Waals surface area contributed by atoms with Crippen molar-refractivity contribution in [2.75, 3.05) is 20.3 Å². The van der Waals surface area contributed by atoms with Gasteiger partial charge in [0.05, 0.1) is 19.8 Å². The van der Waals surface area contributed by atoms with Crippen molar-refractivity contribution in [3.8, 4) is 11.4 Å². The van der Waals surface area contributed by atoms with Crippen LogP contribution in [0.2, 0.25) is 0 Å². The molecular weight excluding hydrogens is 352 g/mol. The third kappa shape index (κ3) is 3.76. The Hall–Kier alpha value is -2.32. The van der Waals surface area contributed by atoms with Crippen LogP contribution in [0.5, 0.6) is 0 Å². The number of thioether (sulfide) groups is 1. The molecular formula is C18H22N4O3S. The summed E-state index contributed by atoms with van der Waals surface area (Å²) in [6.07, 6.45) is 1.93. The summed E-state index contributed by atoms with van der Waals surface area (Å²) in [6, 6.07) is 8.05. The van der Waals surface area contributed by atoms with Crippen LogP contribution in [0.1, 0.15) is 13.8 Å². The maximum Gasteiger partial charge on any atom is 0.319 e. The molecule has 0 saturated carbocycles. The Labute approximate surface area is 156 Å². The molecule has 0 spiro atoms. The van der Waals surface area contributed by atoms with Crippen LogP contribution in [0.25, 0.3) is 22.3 Å². The Kier molecular flexibility index (Phi) is 5.95. The minimum atomic E-state index is -0.365. The minimum absolute atomic E-state index is 0.257. The normalized spacial score (nSPS) is 12.4. The molecule has 3 rings (SSSR count). The molecule has 0 saturated heterocycles. The average molecular weight is 374 g/mol. The highest BCUT2D eigenvalue weighted by molar-refractivity contribution is 8.00. The van der Waals surface area contributed by atoms with E-state index in [9.17, 15) is 4.79 Å². The van der Waals surface area contributed by atoms with E-state index in [4.69, 9.17) is 9.47 Å². The fraction of sp³-hybridized carbons (Fsp3) is 0.389. The molecule has 3 aromatic rings. The molecule has 7 nitrogen and oxygen atoms in total. The first-order valence-corrected chi connectivity index (χ1v) is 9.35. The summed E-state index contributed by atoms with van der Waals surface area (Å²) < 4.78 is 12.3. The van der Waals surface area contributed by atoms with Gasteiger partial charge in [0.25, 0.3) is 0 Å². The number of methoxy groups -OCH3 is 1. The van der Waals surface area contributed by atoms with Crippen molar-refractivity contribution >= 4 is 28.6 Å². The maximum absolute atomic E-state index is 12.0. The maximum atomic E-state index is 12.0. The minimum Gasteiger partial charge on any atom is -0.465 e. The average Bonchev–Trinajstić information content (AvgIpc) is 3.23. The number of carbonyl (C=O) groups excluding carboxylic acids is 1. The number of ether oxygens (including phenoxy) is 2. The number of nitrogens with one attached hydrogen (secondary N) is 1. The van der Waals surface area contributed by atoms with Crippen molar-refractivity contribution in [1.82, 2.24) is 19.7 Å².